The molecule has 3 heterocycles. The van der Waals surface area contributed by atoms with Crippen LogP contribution in [0.1, 0.15) is 16.8 Å². The summed E-state index contributed by atoms with van der Waals surface area (Å²) in [5.41, 5.74) is 3.42. The van der Waals surface area contributed by atoms with Gasteiger partial charge in [-0.15, -0.1) is 5.10 Å². The topological polar surface area (TPSA) is 79.1 Å². The zero-order valence-electron chi connectivity index (χ0n) is 16.0. The number of aliphatic hydroxyl groups is 1. The number of aliphatic hydroxyl groups excluding tert-OH is 1. The van der Waals surface area contributed by atoms with Crippen LogP contribution in [-0.4, -0.2) is 44.7 Å². The van der Waals surface area contributed by atoms with Crippen molar-refractivity contribution >= 4 is 11.5 Å². The number of hydrogen-bond acceptors (Lipinski definition) is 6. The minimum atomic E-state index is -0.323. The van der Waals surface area contributed by atoms with Gasteiger partial charge in [0.1, 0.15) is 17.3 Å². The Morgan fingerprint density at radius 2 is 2.17 bits per heavy atom. The summed E-state index contributed by atoms with van der Waals surface area (Å²) in [5, 5.41) is 20.1. The Bertz CT molecular complexity index is 1050. The van der Waals surface area contributed by atoms with Gasteiger partial charge < -0.3 is 15.3 Å². The number of aromatic nitrogens is 4. The number of pyridine rings is 1. The number of likely N-dealkylation sites (N-methyl/N-ethyl adjacent to an activating group) is 1. The molecular formula is C21H21FN6O. The number of halogens is 1. The largest absolute Gasteiger partial charge is 0.390 e. The fourth-order valence-electron chi connectivity index (χ4n) is 3.16. The van der Waals surface area contributed by atoms with Gasteiger partial charge in [0.05, 0.1) is 31.6 Å². The molecule has 0 radical (unpaired) electrons. The molecule has 3 aromatic rings. The second-order valence-corrected chi connectivity index (χ2v) is 6.93. The third-order valence-corrected chi connectivity index (χ3v) is 4.78. The number of nitrogens with one attached hydrogen (secondary N) is 1. The van der Waals surface area contributed by atoms with Crippen LogP contribution in [0.25, 0.3) is 0 Å². The number of benzene rings is 1. The van der Waals surface area contributed by atoms with Gasteiger partial charge in [-0.2, -0.15) is 0 Å². The van der Waals surface area contributed by atoms with Gasteiger partial charge in [0.15, 0.2) is 0 Å². The lowest BCUT2D eigenvalue weighted by Crippen LogP contribution is -2.22. The summed E-state index contributed by atoms with van der Waals surface area (Å²) < 4.78 is 15.0. The van der Waals surface area contributed by atoms with Crippen molar-refractivity contribution in [1.29, 1.82) is 0 Å². The standard InChI is InChI=1S/C21H21FN6O/c1-27(8-9-28-13-19(14-29)25-26-28)20-6-3-15(4-7-20)2-5-18-11-16-10-17(22)12-23-21(16)24-18/h3-4,6-7,10,12-13,18,29H,8-9,11,14H2,1H3,(H,23,24). The summed E-state index contributed by atoms with van der Waals surface area (Å²) in [6, 6.07) is 9.46. The second-order valence-electron chi connectivity index (χ2n) is 6.93. The normalized spacial score (nSPS) is 14.7. The molecule has 0 amide bonds. The summed E-state index contributed by atoms with van der Waals surface area (Å²) in [6.07, 6.45) is 3.60. The van der Waals surface area contributed by atoms with Crippen LogP contribution in [-0.2, 0) is 19.6 Å². The molecule has 148 valence electrons. The quantitative estimate of drug-likeness (QED) is 0.645. The zero-order chi connectivity index (χ0) is 20.2. The van der Waals surface area contributed by atoms with Crippen LogP contribution in [0, 0.1) is 17.7 Å². The Morgan fingerprint density at radius 3 is 2.93 bits per heavy atom. The Hall–Kier alpha value is -3.44. The van der Waals surface area contributed by atoms with E-state index in [-0.39, 0.29) is 18.5 Å². The molecular weight excluding hydrogens is 371 g/mol. The molecule has 0 bridgehead atoms. The van der Waals surface area contributed by atoms with Crippen LogP contribution >= 0.6 is 0 Å². The van der Waals surface area contributed by atoms with E-state index in [1.807, 2.05) is 31.3 Å². The molecule has 0 saturated carbocycles. The van der Waals surface area contributed by atoms with Crippen molar-refractivity contribution < 1.29 is 9.50 Å². The predicted octanol–water partition coefficient (Wildman–Crippen LogP) is 1.83. The third-order valence-electron chi connectivity index (χ3n) is 4.78. The number of fused-ring (bicyclic) bond motifs is 1. The van der Waals surface area contributed by atoms with Crippen molar-refractivity contribution in [3.63, 3.8) is 0 Å². The van der Waals surface area contributed by atoms with Crippen molar-refractivity contribution in [2.24, 2.45) is 0 Å². The smallest absolute Gasteiger partial charge is 0.141 e. The number of anilines is 2. The molecule has 4 rings (SSSR count). The summed E-state index contributed by atoms with van der Waals surface area (Å²) in [7, 11) is 2.01. The lowest BCUT2D eigenvalue weighted by atomic mass is 10.1. The third kappa shape index (κ3) is 4.52. The molecule has 1 unspecified atom stereocenters. The lowest BCUT2D eigenvalue weighted by Gasteiger charge is -2.19. The molecule has 29 heavy (non-hydrogen) atoms. The van der Waals surface area contributed by atoms with Crippen LogP contribution in [0.2, 0.25) is 0 Å². The minimum Gasteiger partial charge on any atom is -0.390 e. The van der Waals surface area contributed by atoms with E-state index in [1.54, 1.807) is 10.9 Å². The Labute approximate surface area is 168 Å². The molecule has 2 aromatic heterocycles. The monoisotopic (exact) mass is 392 g/mol. The van der Waals surface area contributed by atoms with Gasteiger partial charge in [0.25, 0.3) is 0 Å². The van der Waals surface area contributed by atoms with Gasteiger partial charge in [0.2, 0.25) is 0 Å². The van der Waals surface area contributed by atoms with Crippen molar-refractivity contribution in [2.75, 3.05) is 23.8 Å². The Morgan fingerprint density at radius 1 is 1.34 bits per heavy atom. The fraction of sp³-hybridized carbons (Fsp3) is 0.286. The molecule has 1 atom stereocenters. The van der Waals surface area contributed by atoms with Crippen LogP contribution in [0.15, 0.2) is 42.7 Å². The highest BCUT2D eigenvalue weighted by Gasteiger charge is 2.20. The highest BCUT2D eigenvalue weighted by atomic mass is 19.1. The van der Waals surface area contributed by atoms with Gasteiger partial charge in [-0.3, -0.25) is 4.68 Å². The van der Waals surface area contributed by atoms with E-state index in [0.29, 0.717) is 24.5 Å². The average Bonchev–Trinajstić information content (AvgIpc) is 3.36. The maximum atomic E-state index is 13.3. The molecule has 8 heteroatoms. The van der Waals surface area contributed by atoms with Gasteiger partial charge in [-0.05, 0) is 30.3 Å². The summed E-state index contributed by atoms with van der Waals surface area (Å²) in [6.45, 7) is 1.33. The van der Waals surface area contributed by atoms with Crippen LogP contribution in [0.5, 0.6) is 0 Å². The van der Waals surface area contributed by atoms with E-state index in [4.69, 9.17) is 5.11 Å². The summed E-state index contributed by atoms with van der Waals surface area (Å²) >= 11 is 0. The maximum absolute atomic E-state index is 13.3. The van der Waals surface area contributed by atoms with E-state index >= 15 is 0 Å². The molecule has 2 N–H and O–H groups in total. The van der Waals surface area contributed by atoms with Crippen molar-refractivity contribution in [3.8, 4) is 11.8 Å². The van der Waals surface area contributed by atoms with Crippen LogP contribution in [0.3, 0.4) is 0 Å². The minimum absolute atomic E-state index is 0.0619. The van der Waals surface area contributed by atoms with E-state index < -0.39 is 0 Å². The molecule has 1 aliphatic heterocycles. The summed E-state index contributed by atoms with van der Waals surface area (Å²) in [5.74, 6) is 6.75. The SMILES string of the molecule is CN(CCn1cc(CO)nn1)c1ccc(C#CC2Cc3cc(F)cnc3N2)cc1. The molecule has 0 fully saturated rings. The molecule has 0 spiro atoms. The van der Waals surface area contributed by atoms with Gasteiger partial charge in [-0.1, -0.05) is 17.1 Å². The van der Waals surface area contributed by atoms with E-state index in [9.17, 15) is 4.39 Å². The van der Waals surface area contributed by atoms with E-state index in [1.165, 1.54) is 12.3 Å². The second kappa shape index (κ2) is 8.29. The Balaban J connectivity index is 1.33. The van der Waals surface area contributed by atoms with Gasteiger partial charge >= 0.3 is 0 Å². The summed E-state index contributed by atoms with van der Waals surface area (Å²) in [4.78, 5) is 6.18. The maximum Gasteiger partial charge on any atom is 0.141 e. The molecule has 1 aliphatic rings. The van der Waals surface area contributed by atoms with E-state index in [0.717, 1.165) is 23.4 Å². The van der Waals surface area contributed by atoms with E-state index in [2.05, 4.69) is 37.4 Å². The predicted molar refractivity (Wildman–Crippen MR) is 108 cm³/mol. The average molecular weight is 392 g/mol. The van der Waals surface area contributed by atoms with Gasteiger partial charge in [0, 0.05) is 36.8 Å². The fourth-order valence-corrected chi connectivity index (χ4v) is 3.16. The molecule has 0 saturated heterocycles. The highest BCUT2D eigenvalue weighted by molar-refractivity contribution is 5.55. The molecule has 1 aromatic carbocycles. The van der Waals surface area contributed by atoms with Crippen LogP contribution in [0.4, 0.5) is 15.9 Å². The Kier molecular flexibility index (Phi) is 5.40. The lowest BCUT2D eigenvalue weighted by molar-refractivity contribution is 0.276. The first-order valence-electron chi connectivity index (χ1n) is 9.34. The highest BCUT2D eigenvalue weighted by Crippen LogP contribution is 2.23. The first-order valence-corrected chi connectivity index (χ1v) is 9.34. The van der Waals surface area contributed by atoms with Crippen molar-refractivity contribution in [2.45, 2.75) is 25.6 Å². The van der Waals surface area contributed by atoms with Crippen molar-refractivity contribution in [3.05, 3.63) is 65.4 Å². The van der Waals surface area contributed by atoms with Crippen LogP contribution < -0.4 is 10.2 Å². The number of hydrogen-bond donors (Lipinski definition) is 2. The molecule has 0 aliphatic carbocycles. The first-order chi connectivity index (χ1) is 14.1. The number of nitrogens with zero attached hydrogens (tertiary/aromatic N) is 5. The molecule has 7 nitrogen and oxygen atoms in total. The zero-order valence-corrected chi connectivity index (χ0v) is 16.0. The number of rotatable bonds is 5. The van der Waals surface area contributed by atoms with Crippen molar-refractivity contribution in [1.82, 2.24) is 20.0 Å². The van der Waals surface area contributed by atoms with Gasteiger partial charge in [-0.25, -0.2) is 9.37 Å². The first kappa shape index (κ1) is 18.9.